The van der Waals surface area contributed by atoms with Gasteiger partial charge in [-0.2, -0.15) is 5.26 Å². The Morgan fingerprint density at radius 1 is 1.48 bits per heavy atom. The Morgan fingerprint density at radius 2 is 2.14 bits per heavy atom. The first-order valence-corrected chi connectivity index (χ1v) is 6.28. The highest BCUT2D eigenvalue weighted by atomic mass is 16.6. The number of carbonyl (C=O) groups excluding carboxylic acids is 1. The number of pyridine rings is 1. The molecule has 0 aliphatic rings. The van der Waals surface area contributed by atoms with E-state index in [9.17, 15) is 9.59 Å². The number of amides is 1. The van der Waals surface area contributed by atoms with Crippen LogP contribution in [-0.2, 0) is 9.53 Å². The van der Waals surface area contributed by atoms with Gasteiger partial charge < -0.3 is 15.2 Å². The fourth-order valence-electron chi connectivity index (χ4n) is 1.55. The van der Waals surface area contributed by atoms with Crippen molar-refractivity contribution in [3.63, 3.8) is 0 Å². The van der Waals surface area contributed by atoms with Crippen LogP contribution < -0.4 is 5.32 Å². The fourth-order valence-corrected chi connectivity index (χ4v) is 1.55. The van der Waals surface area contributed by atoms with Gasteiger partial charge in [0.1, 0.15) is 17.4 Å². The minimum Gasteiger partial charge on any atom is -0.481 e. The molecular formula is C14H17N3O4. The summed E-state index contributed by atoms with van der Waals surface area (Å²) < 4.78 is 5.10. The van der Waals surface area contributed by atoms with Crippen molar-refractivity contribution in [2.24, 2.45) is 0 Å². The van der Waals surface area contributed by atoms with Crippen LogP contribution in [0.3, 0.4) is 0 Å². The third-order valence-corrected chi connectivity index (χ3v) is 2.37. The predicted molar refractivity (Wildman–Crippen MR) is 73.3 cm³/mol. The first kappa shape index (κ1) is 16.4. The molecule has 1 amide bonds. The molecule has 0 aliphatic heterocycles. The first-order valence-electron chi connectivity index (χ1n) is 6.28. The molecule has 1 aromatic heterocycles. The lowest BCUT2D eigenvalue weighted by Gasteiger charge is -2.23. The van der Waals surface area contributed by atoms with Crippen molar-refractivity contribution in [2.45, 2.75) is 38.8 Å². The average molecular weight is 291 g/mol. The van der Waals surface area contributed by atoms with Crippen molar-refractivity contribution in [3.05, 3.63) is 29.6 Å². The zero-order valence-corrected chi connectivity index (χ0v) is 12.1. The number of nitrogens with one attached hydrogen (secondary N) is 1. The molecule has 0 aromatic carbocycles. The van der Waals surface area contributed by atoms with E-state index in [1.807, 2.05) is 6.07 Å². The maximum absolute atomic E-state index is 11.7. The van der Waals surface area contributed by atoms with Crippen LogP contribution in [0.1, 0.15) is 44.5 Å². The van der Waals surface area contributed by atoms with Gasteiger partial charge >= 0.3 is 12.1 Å². The van der Waals surface area contributed by atoms with Crippen molar-refractivity contribution >= 4 is 12.1 Å². The van der Waals surface area contributed by atoms with Gasteiger partial charge in [0.25, 0.3) is 0 Å². The number of carboxylic acid groups (broad SMARTS) is 1. The molecule has 0 radical (unpaired) electrons. The van der Waals surface area contributed by atoms with E-state index in [-0.39, 0.29) is 12.1 Å². The SMILES string of the molecule is CC(C)(C)OC(=O)N[C@@H](CC(=O)O)c1ccc(C#N)nc1. The fraction of sp³-hybridized carbons (Fsp3) is 0.429. The number of hydrogen-bond donors (Lipinski definition) is 2. The van der Waals surface area contributed by atoms with Gasteiger partial charge in [-0.1, -0.05) is 6.07 Å². The van der Waals surface area contributed by atoms with Crippen molar-refractivity contribution < 1.29 is 19.4 Å². The number of aromatic nitrogens is 1. The van der Waals surface area contributed by atoms with E-state index in [1.165, 1.54) is 12.3 Å². The summed E-state index contributed by atoms with van der Waals surface area (Å²) in [6.07, 6.45) is 0.342. The summed E-state index contributed by atoms with van der Waals surface area (Å²) >= 11 is 0. The largest absolute Gasteiger partial charge is 0.481 e. The van der Waals surface area contributed by atoms with Gasteiger partial charge in [0.2, 0.25) is 0 Å². The Morgan fingerprint density at radius 3 is 2.57 bits per heavy atom. The molecular weight excluding hydrogens is 274 g/mol. The highest BCUT2D eigenvalue weighted by Gasteiger charge is 2.22. The summed E-state index contributed by atoms with van der Waals surface area (Å²) in [6.45, 7) is 5.13. The van der Waals surface area contributed by atoms with E-state index < -0.39 is 23.7 Å². The third-order valence-electron chi connectivity index (χ3n) is 2.37. The molecule has 0 spiro atoms. The Bertz CT molecular complexity index is 555. The number of ether oxygens (including phenoxy) is 1. The second-order valence-corrected chi connectivity index (χ2v) is 5.39. The summed E-state index contributed by atoms with van der Waals surface area (Å²) in [7, 11) is 0. The quantitative estimate of drug-likeness (QED) is 0.877. The number of carboxylic acids is 1. The predicted octanol–water partition coefficient (Wildman–Crippen LogP) is 1.99. The minimum absolute atomic E-state index is 0.213. The highest BCUT2D eigenvalue weighted by Crippen LogP contribution is 2.17. The molecule has 21 heavy (non-hydrogen) atoms. The number of carbonyl (C=O) groups is 2. The molecule has 0 saturated carbocycles. The lowest BCUT2D eigenvalue weighted by molar-refractivity contribution is -0.137. The van der Waals surface area contributed by atoms with E-state index in [0.29, 0.717) is 5.56 Å². The number of rotatable bonds is 4. The Labute approximate surface area is 122 Å². The molecule has 2 N–H and O–H groups in total. The van der Waals surface area contributed by atoms with Gasteiger partial charge in [-0.25, -0.2) is 9.78 Å². The second kappa shape index (κ2) is 6.70. The van der Waals surface area contributed by atoms with Crippen LogP contribution >= 0.6 is 0 Å². The lowest BCUT2D eigenvalue weighted by Crippen LogP contribution is -2.35. The van der Waals surface area contributed by atoms with Crippen LogP contribution in [0.5, 0.6) is 0 Å². The standard InChI is InChI=1S/C14H17N3O4/c1-14(2,3)21-13(20)17-11(6-12(18)19)9-4-5-10(7-15)16-8-9/h4-5,8,11H,6H2,1-3H3,(H,17,20)(H,18,19)/t11-/m0/s1. The van der Waals surface area contributed by atoms with Crippen LogP contribution in [0.2, 0.25) is 0 Å². The Balaban J connectivity index is 2.87. The number of nitriles is 1. The van der Waals surface area contributed by atoms with Crippen molar-refractivity contribution in [1.82, 2.24) is 10.3 Å². The van der Waals surface area contributed by atoms with Gasteiger partial charge in [-0.15, -0.1) is 0 Å². The van der Waals surface area contributed by atoms with Crippen molar-refractivity contribution in [2.75, 3.05) is 0 Å². The van der Waals surface area contributed by atoms with E-state index in [0.717, 1.165) is 0 Å². The normalized spacial score (nSPS) is 12.1. The van der Waals surface area contributed by atoms with Crippen molar-refractivity contribution in [1.29, 1.82) is 5.26 Å². The summed E-state index contributed by atoms with van der Waals surface area (Å²) in [5.41, 5.74) is 0.0215. The molecule has 7 nitrogen and oxygen atoms in total. The molecule has 0 saturated heterocycles. The third kappa shape index (κ3) is 5.91. The average Bonchev–Trinajstić information content (AvgIpc) is 2.35. The second-order valence-electron chi connectivity index (χ2n) is 5.39. The van der Waals surface area contributed by atoms with Gasteiger partial charge in [0.05, 0.1) is 12.5 Å². The smallest absolute Gasteiger partial charge is 0.408 e. The molecule has 0 bridgehead atoms. The maximum atomic E-state index is 11.7. The molecule has 1 heterocycles. The van der Waals surface area contributed by atoms with Gasteiger partial charge in [0.15, 0.2) is 0 Å². The number of nitrogens with zero attached hydrogens (tertiary/aromatic N) is 2. The topological polar surface area (TPSA) is 112 Å². The van der Waals surface area contributed by atoms with Crippen LogP contribution in [-0.4, -0.2) is 27.8 Å². The zero-order chi connectivity index (χ0) is 16.0. The molecule has 1 atom stereocenters. The van der Waals surface area contributed by atoms with Crippen LogP contribution in [0.25, 0.3) is 0 Å². The number of alkyl carbamates (subject to hydrolysis) is 1. The number of hydrogen-bond acceptors (Lipinski definition) is 5. The molecule has 1 aromatic rings. The van der Waals surface area contributed by atoms with Crippen LogP contribution in [0.4, 0.5) is 4.79 Å². The summed E-state index contributed by atoms with van der Waals surface area (Å²) in [4.78, 5) is 26.5. The first-order chi connectivity index (χ1) is 9.71. The summed E-state index contributed by atoms with van der Waals surface area (Å²) in [5.74, 6) is -1.07. The maximum Gasteiger partial charge on any atom is 0.408 e. The number of aliphatic carboxylic acids is 1. The minimum atomic E-state index is -1.07. The molecule has 1 rings (SSSR count). The van der Waals surface area contributed by atoms with Crippen LogP contribution in [0, 0.1) is 11.3 Å². The van der Waals surface area contributed by atoms with E-state index >= 15 is 0 Å². The Kier molecular flexibility index (Phi) is 5.24. The van der Waals surface area contributed by atoms with Crippen LogP contribution in [0.15, 0.2) is 18.3 Å². The summed E-state index contributed by atoms with van der Waals surface area (Å²) in [6, 6.07) is 4.10. The molecule has 112 valence electrons. The van der Waals surface area contributed by atoms with Gasteiger partial charge in [-0.3, -0.25) is 4.79 Å². The van der Waals surface area contributed by atoms with Crippen molar-refractivity contribution in [3.8, 4) is 6.07 Å². The highest BCUT2D eigenvalue weighted by molar-refractivity contribution is 5.72. The van der Waals surface area contributed by atoms with Gasteiger partial charge in [-0.05, 0) is 32.4 Å². The van der Waals surface area contributed by atoms with E-state index in [2.05, 4.69) is 10.3 Å². The monoisotopic (exact) mass is 291 g/mol. The zero-order valence-electron chi connectivity index (χ0n) is 12.1. The summed E-state index contributed by atoms with van der Waals surface area (Å²) in [5, 5.41) is 20.1. The lowest BCUT2D eigenvalue weighted by atomic mass is 10.1. The molecule has 7 heteroatoms. The Hall–Kier alpha value is -2.62. The molecule has 0 fully saturated rings. The molecule has 0 aliphatic carbocycles. The van der Waals surface area contributed by atoms with Gasteiger partial charge in [0, 0.05) is 6.20 Å². The molecule has 0 unspecified atom stereocenters. The van der Waals surface area contributed by atoms with E-state index in [1.54, 1.807) is 26.8 Å². The van der Waals surface area contributed by atoms with E-state index in [4.69, 9.17) is 15.1 Å².